The maximum Gasteiger partial charge on any atom is 0.387 e. The molecular weight excluding hydrogens is 418 g/mol. The molecule has 3 rings (SSSR count). The van der Waals surface area contributed by atoms with Gasteiger partial charge in [-0.3, -0.25) is 4.79 Å². The van der Waals surface area contributed by atoms with Crippen LogP contribution in [0.15, 0.2) is 18.2 Å². The Morgan fingerprint density at radius 1 is 1.34 bits per heavy atom. The van der Waals surface area contributed by atoms with Crippen LogP contribution < -0.4 is 14.8 Å². The van der Waals surface area contributed by atoms with Crippen molar-refractivity contribution in [3.8, 4) is 11.5 Å². The normalized spacial score (nSPS) is 15.5. The number of hydrogen-bond acceptors (Lipinski definition) is 5. The number of thiazole rings is 1. The fourth-order valence-corrected chi connectivity index (χ4v) is 5.18. The highest BCUT2D eigenvalue weighted by molar-refractivity contribution is 7.73. The number of carbonyl (C=O) groups excluding carboxylic acids is 1. The summed E-state index contributed by atoms with van der Waals surface area (Å²) in [5, 5.41) is 3.06. The van der Waals surface area contributed by atoms with Gasteiger partial charge in [0.15, 0.2) is 15.5 Å². The van der Waals surface area contributed by atoms with Crippen LogP contribution >= 0.6 is 23.6 Å². The molecule has 0 spiro atoms. The first-order valence-corrected chi connectivity index (χ1v) is 10.6. The summed E-state index contributed by atoms with van der Waals surface area (Å²) in [5.41, 5.74) is 1.64. The van der Waals surface area contributed by atoms with E-state index in [4.69, 9.17) is 17.0 Å². The lowest BCUT2D eigenvalue weighted by Gasteiger charge is -2.30. The average Bonchev–Trinajstić information content (AvgIpc) is 3.27. The molecule has 5 nitrogen and oxygen atoms in total. The number of methoxy groups -OCH3 is 1. The Kier molecular flexibility index (Phi) is 6.89. The van der Waals surface area contributed by atoms with Crippen molar-refractivity contribution >= 4 is 29.5 Å². The maximum absolute atomic E-state index is 12.6. The highest BCUT2D eigenvalue weighted by atomic mass is 32.1. The van der Waals surface area contributed by atoms with Gasteiger partial charge in [-0.1, -0.05) is 18.9 Å². The van der Waals surface area contributed by atoms with E-state index in [1.165, 1.54) is 24.5 Å². The molecule has 0 unspecified atom stereocenters. The highest BCUT2D eigenvalue weighted by Crippen LogP contribution is 2.43. The molecule has 0 bridgehead atoms. The van der Waals surface area contributed by atoms with Crippen LogP contribution in [-0.2, 0) is 16.6 Å². The molecule has 158 valence electrons. The van der Waals surface area contributed by atoms with Crippen molar-refractivity contribution in [1.82, 2.24) is 10.3 Å². The van der Waals surface area contributed by atoms with Crippen molar-refractivity contribution < 1.29 is 23.0 Å². The Balaban J connectivity index is 1.75. The lowest BCUT2D eigenvalue weighted by molar-refractivity contribution is -0.120. The summed E-state index contributed by atoms with van der Waals surface area (Å²) in [6, 6.07) is 5.05. The third-order valence-corrected chi connectivity index (χ3v) is 6.76. The number of nitrogens with one attached hydrogen (secondary N) is 2. The van der Waals surface area contributed by atoms with Gasteiger partial charge in [0.1, 0.15) is 0 Å². The SMILES string of the molecule is COc1cc(C2(CNC(=O)Cc3sc(=S)[nH]c3C)CCCC2)ccc1OC(F)F. The minimum atomic E-state index is -2.91. The molecule has 1 aliphatic rings. The number of rotatable bonds is 8. The summed E-state index contributed by atoms with van der Waals surface area (Å²) in [6.45, 7) is -0.523. The predicted molar refractivity (Wildman–Crippen MR) is 111 cm³/mol. The number of alkyl halides is 2. The topological polar surface area (TPSA) is 63.3 Å². The highest BCUT2D eigenvalue weighted by Gasteiger charge is 2.36. The molecule has 2 N–H and O–H groups in total. The monoisotopic (exact) mass is 442 g/mol. The minimum Gasteiger partial charge on any atom is -0.493 e. The number of aryl methyl sites for hydroxylation is 1. The van der Waals surface area contributed by atoms with E-state index in [-0.39, 0.29) is 29.2 Å². The lowest BCUT2D eigenvalue weighted by Crippen LogP contribution is -2.39. The molecule has 0 aliphatic heterocycles. The maximum atomic E-state index is 12.6. The van der Waals surface area contributed by atoms with Gasteiger partial charge in [0.05, 0.1) is 13.5 Å². The Hall–Kier alpha value is -2.00. The fraction of sp³-hybridized carbons (Fsp3) is 0.500. The number of halogens is 2. The quantitative estimate of drug-likeness (QED) is 0.571. The van der Waals surface area contributed by atoms with Crippen LogP contribution in [0.25, 0.3) is 0 Å². The number of carbonyl (C=O) groups is 1. The molecule has 1 aromatic heterocycles. The molecule has 9 heteroatoms. The third kappa shape index (κ3) is 5.14. The third-order valence-electron chi connectivity index (χ3n) is 5.42. The van der Waals surface area contributed by atoms with Crippen LogP contribution in [0.3, 0.4) is 0 Å². The number of H-pyrrole nitrogens is 1. The Bertz CT molecular complexity index is 921. The largest absolute Gasteiger partial charge is 0.493 e. The number of ether oxygens (including phenoxy) is 2. The predicted octanol–water partition coefficient (Wildman–Crippen LogP) is 4.89. The van der Waals surface area contributed by atoms with E-state index in [2.05, 4.69) is 15.0 Å². The van der Waals surface area contributed by atoms with Gasteiger partial charge < -0.3 is 19.8 Å². The van der Waals surface area contributed by atoms with E-state index in [1.54, 1.807) is 12.1 Å². The van der Waals surface area contributed by atoms with Crippen LogP contribution in [0, 0.1) is 10.9 Å². The van der Waals surface area contributed by atoms with Crippen LogP contribution in [0.2, 0.25) is 0 Å². The van der Waals surface area contributed by atoms with E-state index in [0.717, 1.165) is 41.8 Å². The molecular formula is C20H24F2N2O3S2. The molecule has 1 aliphatic carbocycles. The Labute approximate surface area is 177 Å². The van der Waals surface area contributed by atoms with Gasteiger partial charge >= 0.3 is 6.61 Å². The molecule has 0 radical (unpaired) electrons. The molecule has 1 amide bonds. The number of benzene rings is 1. The first-order chi connectivity index (χ1) is 13.8. The molecule has 1 saturated carbocycles. The van der Waals surface area contributed by atoms with E-state index >= 15 is 0 Å². The zero-order chi connectivity index (χ0) is 21.0. The first kappa shape index (κ1) is 21.7. The summed E-state index contributed by atoms with van der Waals surface area (Å²) >= 11 is 6.54. The molecule has 2 aromatic rings. The van der Waals surface area contributed by atoms with Gasteiger partial charge in [-0.15, -0.1) is 11.3 Å². The summed E-state index contributed by atoms with van der Waals surface area (Å²) in [6.07, 6.45) is 4.20. The van der Waals surface area contributed by atoms with Crippen LogP contribution in [0.4, 0.5) is 8.78 Å². The van der Waals surface area contributed by atoms with E-state index in [1.807, 2.05) is 6.92 Å². The van der Waals surface area contributed by atoms with Crippen molar-refractivity contribution in [3.05, 3.63) is 38.3 Å². The lowest BCUT2D eigenvalue weighted by atomic mass is 9.78. The summed E-state index contributed by atoms with van der Waals surface area (Å²) < 4.78 is 35.6. The summed E-state index contributed by atoms with van der Waals surface area (Å²) in [5.74, 6) is 0.213. The first-order valence-electron chi connectivity index (χ1n) is 9.41. The van der Waals surface area contributed by atoms with Gasteiger partial charge in [-0.2, -0.15) is 8.78 Å². The molecule has 1 fully saturated rings. The second-order valence-corrected chi connectivity index (χ2v) is 9.02. The Morgan fingerprint density at radius 2 is 2.07 bits per heavy atom. The Morgan fingerprint density at radius 3 is 2.66 bits per heavy atom. The number of aromatic amines is 1. The van der Waals surface area contributed by atoms with Gasteiger partial charge in [0.2, 0.25) is 5.91 Å². The zero-order valence-corrected chi connectivity index (χ0v) is 18.0. The van der Waals surface area contributed by atoms with Crippen LogP contribution in [0.1, 0.15) is 41.8 Å². The minimum absolute atomic E-state index is 0.00701. The number of aromatic nitrogens is 1. The second kappa shape index (κ2) is 9.21. The average molecular weight is 443 g/mol. The van der Waals surface area contributed by atoms with Gasteiger partial charge in [-0.05, 0) is 49.7 Å². The summed E-state index contributed by atoms with van der Waals surface area (Å²) in [4.78, 5) is 16.5. The standard InChI is InChI=1S/C20H24F2N2O3S2/c1-12-16(29-19(28)24-12)10-17(25)23-11-20(7-3-4-8-20)13-5-6-14(27-18(21)22)15(9-13)26-2/h5-6,9,18H,3-4,7-8,10-11H2,1-2H3,(H,23,25)(H,24,28). The molecule has 29 heavy (non-hydrogen) atoms. The molecule has 1 aromatic carbocycles. The molecule has 0 saturated heterocycles. The smallest absolute Gasteiger partial charge is 0.387 e. The molecule has 1 heterocycles. The van der Waals surface area contributed by atoms with Crippen molar-refractivity contribution in [2.75, 3.05) is 13.7 Å². The van der Waals surface area contributed by atoms with Crippen molar-refractivity contribution in [1.29, 1.82) is 0 Å². The number of hydrogen-bond donors (Lipinski definition) is 2. The van der Waals surface area contributed by atoms with E-state index < -0.39 is 6.61 Å². The van der Waals surface area contributed by atoms with Gasteiger partial charge in [-0.25, -0.2) is 0 Å². The van der Waals surface area contributed by atoms with Gasteiger partial charge in [0, 0.05) is 22.5 Å². The summed E-state index contributed by atoms with van der Waals surface area (Å²) in [7, 11) is 1.42. The zero-order valence-electron chi connectivity index (χ0n) is 16.3. The van der Waals surface area contributed by atoms with Crippen molar-refractivity contribution in [2.24, 2.45) is 0 Å². The molecule has 0 atom stereocenters. The van der Waals surface area contributed by atoms with Crippen LogP contribution in [-0.4, -0.2) is 31.2 Å². The second-order valence-electron chi connectivity index (χ2n) is 7.25. The van der Waals surface area contributed by atoms with Crippen molar-refractivity contribution in [2.45, 2.75) is 51.1 Å². The van der Waals surface area contributed by atoms with Crippen LogP contribution in [0.5, 0.6) is 11.5 Å². The van der Waals surface area contributed by atoms with E-state index in [0.29, 0.717) is 10.5 Å². The van der Waals surface area contributed by atoms with Gasteiger partial charge in [0.25, 0.3) is 0 Å². The fourth-order valence-electron chi connectivity index (χ4n) is 3.89. The van der Waals surface area contributed by atoms with E-state index in [9.17, 15) is 13.6 Å². The number of amides is 1. The van der Waals surface area contributed by atoms with Crippen molar-refractivity contribution in [3.63, 3.8) is 0 Å².